The summed E-state index contributed by atoms with van der Waals surface area (Å²) >= 11 is 0. The summed E-state index contributed by atoms with van der Waals surface area (Å²) in [5.41, 5.74) is 2.55. The fraction of sp³-hybridized carbons (Fsp3) is 0.533. The highest BCUT2D eigenvalue weighted by Crippen LogP contribution is 2.28. The summed E-state index contributed by atoms with van der Waals surface area (Å²) < 4.78 is 0. The molecule has 1 aromatic rings. The summed E-state index contributed by atoms with van der Waals surface area (Å²) in [6.45, 7) is 1.94. The van der Waals surface area contributed by atoms with Gasteiger partial charge in [0.15, 0.2) is 0 Å². The summed E-state index contributed by atoms with van der Waals surface area (Å²) in [6, 6.07) is 8.58. The predicted molar refractivity (Wildman–Crippen MR) is 66.6 cm³/mol. The highest BCUT2D eigenvalue weighted by molar-refractivity contribution is 5.61. The Morgan fingerprint density at radius 1 is 1.25 bits per heavy atom. The van der Waals surface area contributed by atoms with Crippen LogP contribution in [0.4, 0.5) is 0 Å². The third-order valence-electron chi connectivity index (χ3n) is 3.71. The number of benzene rings is 1. The van der Waals surface area contributed by atoms with E-state index >= 15 is 0 Å². The molecule has 1 aliphatic rings. The molecule has 1 atom stereocenters. The molecule has 0 amide bonds. The molecule has 0 heterocycles. The van der Waals surface area contributed by atoms with Crippen molar-refractivity contribution < 1.29 is 4.79 Å². The van der Waals surface area contributed by atoms with E-state index in [1.807, 2.05) is 6.92 Å². The van der Waals surface area contributed by atoms with E-state index in [2.05, 4.69) is 24.3 Å². The van der Waals surface area contributed by atoms with Crippen molar-refractivity contribution in [3.05, 3.63) is 35.4 Å². The lowest BCUT2D eigenvalue weighted by Gasteiger charge is -2.10. The van der Waals surface area contributed by atoms with Gasteiger partial charge in [0.2, 0.25) is 0 Å². The lowest BCUT2D eigenvalue weighted by atomic mass is 9.95. The molecule has 1 fully saturated rings. The zero-order chi connectivity index (χ0) is 11.4. The van der Waals surface area contributed by atoms with E-state index in [9.17, 15) is 4.79 Å². The second kappa shape index (κ2) is 5.29. The van der Waals surface area contributed by atoms with Gasteiger partial charge in [0, 0.05) is 5.92 Å². The summed E-state index contributed by atoms with van der Waals surface area (Å²) in [5, 5.41) is 0. The van der Waals surface area contributed by atoms with Crippen molar-refractivity contribution in [3.8, 4) is 0 Å². The van der Waals surface area contributed by atoms with Crippen molar-refractivity contribution in [2.24, 2.45) is 5.92 Å². The summed E-state index contributed by atoms with van der Waals surface area (Å²) in [6.07, 6.45) is 7.83. The fourth-order valence-corrected chi connectivity index (χ4v) is 2.58. The average molecular weight is 216 g/mol. The lowest BCUT2D eigenvalue weighted by molar-refractivity contribution is -0.108. The Kier molecular flexibility index (Phi) is 3.76. The van der Waals surface area contributed by atoms with Crippen molar-refractivity contribution in [2.45, 2.75) is 44.9 Å². The molecular weight excluding hydrogens is 196 g/mol. The molecule has 0 aromatic heterocycles. The second-order valence-electron chi connectivity index (χ2n) is 5.02. The first-order valence-corrected chi connectivity index (χ1v) is 6.33. The van der Waals surface area contributed by atoms with E-state index in [0.717, 1.165) is 17.8 Å². The monoisotopic (exact) mass is 216 g/mol. The Morgan fingerprint density at radius 2 is 1.88 bits per heavy atom. The Bertz CT molecular complexity index is 333. The largest absolute Gasteiger partial charge is 0.303 e. The van der Waals surface area contributed by atoms with Crippen molar-refractivity contribution in [3.63, 3.8) is 0 Å². The Hall–Kier alpha value is -1.11. The standard InChI is InChI=1S/C15H20O/c1-12(11-16)15-8-6-14(7-9-15)10-13-4-2-3-5-13/h6-9,11-13H,2-5,10H2,1H3. The van der Waals surface area contributed by atoms with Gasteiger partial charge in [0.25, 0.3) is 0 Å². The molecule has 1 aliphatic carbocycles. The first-order chi connectivity index (χ1) is 7.79. The molecule has 0 aliphatic heterocycles. The molecule has 1 saturated carbocycles. The molecule has 0 saturated heterocycles. The SMILES string of the molecule is CC(C=O)c1ccc(CC2CCCC2)cc1. The maximum Gasteiger partial charge on any atom is 0.127 e. The topological polar surface area (TPSA) is 17.1 Å². The van der Waals surface area contributed by atoms with E-state index in [0.29, 0.717) is 0 Å². The molecule has 0 spiro atoms. The minimum absolute atomic E-state index is 0.0283. The van der Waals surface area contributed by atoms with Gasteiger partial charge in [-0.3, -0.25) is 0 Å². The van der Waals surface area contributed by atoms with Crippen molar-refractivity contribution in [2.75, 3.05) is 0 Å². The molecule has 1 heteroatoms. The van der Waals surface area contributed by atoms with E-state index in [1.54, 1.807) is 0 Å². The van der Waals surface area contributed by atoms with Crippen LogP contribution in [0.25, 0.3) is 0 Å². The minimum Gasteiger partial charge on any atom is -0.303 e. The molecule has 86 valence electrons. The van der Waals surface area contributed by atoms with Gasteiger partial charge < -0.3 is 4.79 Å². The smallest absolute Gasteiger partial charge is 0.127 e. The van der Waals surface area contributed by atoms with Crippen LogP contribution < -0.4 is 0 Å². The number of hydrogen-bond donors (Lipinski definition) is 0. The first kappa shape index (κ1) is 11.4. The highest BCUT2D eigenvalue weighted by atomic mass is 16.1. The quantitative estimate of drug-likeness (QED) is 0.701. The van der Waals surface area contributed by atoms with Crippen molar-refractivity contribution >= 4 is 6.29 Å². The maximum atomic E-state index is 10.7. The van der Waals surface area contributed by atoms with Crippen molar-refractivity contribution in [1.29, 1.82) is 0 Å². The number of hydrogen-bond acceptors (Lipinski definition) is 1. The number of carbonyl (C=O) groups is 1. The van der Waals surface area contributed by atoms with Crippen LogP contribution in [0.15, 0.2) is 24.3 Å². The summed E-state index contributed by atoms with van der Waals surface area (Å²) in [7, 11) is 0. The summed E-state index contributed by atoms with van der Waals surface area (Å²) in [5.74, 6) is 0.926. The van der Waals surface area contributed by atoms with Gasteiger partial charge in [-0.15, -0.1) is 0 Å². The van der Waals surface area contributed by atoms with Crippen molar-refractivity contribution in [1.82, 2.24) is 0 Å². The lowest BCUT2D eigenvalue weighted by Crippen LogP contribution is -1.99. The van der Waals surface area contributed by atoms with Crippen LogP contribution in [0.3, 0.4) is 0 Å². The minimum atomic E-state index is 0.0283. The third kappa shape index (κ3) is 2.72. The number of carbonyl (C=O) groups excluding carboxylic acids is 1. The zero-order valence-corrected chi connectivity index (χ0v) is 9.99. The van der Waals surface area contributed by atoms with Crippen LogP contribution in [0.1, 0.15) is 49.7 Å². The van der Waals surface area contributed by atoms with Gasteiger partial charge in [0.05, 0.1) is 0 Å². The van der Waals surface area contributed by atoms with E-state index in [1.165, 1.54) is 37.7 Å². The zero-order valence-electron chi connectivity index (χ0n) is 9.99. The molecule has 1 unspecified atom stereocenters. The Labute approximate surface area is 97.9 Å². The maximum absolute atomic E-state index is 10.7. The van der Waals surface area contributed by atoms with Crippen LogP contribution in [0, 0.1) is 5.92 Å². The Morgan fingerprint density at radius 3 is 2.44 bits per heavy atom. The average Bonchev–Trinajstić information content (AvgIpc) is 2.82. The van der Waals surface area contributed by atoms with Gasteiger partial charge in [0.1, 0.15) is 6.29 Å². The first-order valence-electron chi connectivity index (χ1n) is 6.33. The highest BCUT2D eigenvalue weighted by Gasteiger charge is 2.15. The molecule has 0 N–H and O–H groups in total. The second-order valence-corrected chi connectivity index (χ2v) is 5.02. The van der Waals surface area contributed by atoms with Gasteiger partial charge >= 0.3 is 0 Å². The summed E-state index contributed by atoms with van der Waals surface area (Å²) in [4.78, 5) is 10.7. The van der Waals surface area contributed by atoms with Crippen LogP contribution in [-0.4, -0.2) is 6.29 Å². The predicted octanol–water partition coefficient (Wildman–Crippen LogP) is 3.72. The van der Waals surface area contributed by atoms with Gasteiger partial charge in [-0.05, 0) is 23.5 Å². The number of aldehydes is 1. The molecule has 1 nitrogen and oxygen atoms in total. The fourth-order valence-electron chi connectivity index (χ4n) is 2.58. The molecule has 0 bridgehead atoms. The van der Waals surface area contributed by atoms with Crippen LogP contribution in [-0.2, 0) is 11.2 Å². The molecule has 0 radical (unpaired) electrons. The molecule has 16 heavy (non-hydrogen) atoms. The van der Waals surface area contributed by atoms with Gasteiger partial charge in [-0.2, -0.15) is 0 Å². The third-order valence-corrected chi connectivity index (χ3v) is 3.71. The normalized spacial score (nSPS) is 18.6. The van der Waals surface area contributed by atoms with E-state index in [4.69, 9.17) is 0 Å². The van der Waals surface area contributed by atoms with Gasteiger partial charge in [-0.1, -0.05) is 56.9 Å². The number of rotatable bonds is 4. The Balaban J connectivity index is 1.98. The van der Waals surface area contributed by atoms with Gasteiger partial charge in [-0.25, -0.2) is 0 Å². The van der Waals surface area contributed by atoms with E-state index < -0.39 is 0 Å². The molecule has 2 rings (SSSR count). The molecular formula is C15H20O. The van der Waals surface area contributed by atoms with Crippen LogP contribution in [0.2, 0.25) is 0 Å². The van der Waals surface area contributed by atoms with E-state index in [-0.39, 0.29) is 5.92 Å². The molecule has 1 aromatic carbocycles. The van der Waals surface area contributed by atoms with Crippen LogP contribution in [0.5, 0.6) is 0 Å². The van der Waals surface area contributed by atoms with Crippen LogP contribution >= 0.6 is 0 Å².